The Morgan fingerprint density at radius 1 is 1.03 bits per heavy atom. The van der Waals surface area contributed by atoms with Crippen molar-refractivity contribution in [3.8, 4) is 17.1 Å². The molecule has 0 saturated carbocycles. The number of halogens is 1. The molecule has 64 heavy (non-hydrogen) atoms. The molecular weight excluding hydrogens is 842 g/mol. The summed E-state index contributed by atoms with van der Waals surface area (Å²) in [5.74, 6) is -5.23. The van der Waals surface area contributed by atoms with E-state index >= 15 is 4.39 Å². The minimum Gasteiger partial charge on any atom is -0.469 e. The normalized spacial score (nSPS) is 16.3. The number of nitrogens with two attached hydrogens (primary N) is 2. The van der Waals surface area contributed by atoms with E-state index in [1.807, 2.05) is 0 Å². The van der Waals surface area contributed by atoms with Crippen molar-refractivity contribution in [2.45, 2.75) is 96.7 Å². The lowest BCUT2D eigenvalue weighted by Crippen LogP contribution is -2.57. The second-order valence-corrected chi connectivity index (χ2v) is 16.0. The van der Waals surface area contributed by atoms with Crippen molar-refractivity contribution in [3.63, 3.8) is 0 Å². The molecule has 0 bridgehead atoms. The maximum absolute atomic E-state index is 15.6. The van der Waals surface area contributed by atoms with Gasteiger partial charge < -0.3 is 61.5 Å². The first-order valence-corrected chi connectivity index (χ1v) is 20.7. The molecule has 0 radical (unpaired) electrons. The highest BCUT2D eigenvalue weighted by atomic mass is 19.1. The molecule has 2 aliphatic heterocycles. The molecule has 3 aromatic rings. The van der Waals surface area contributed by atoms with Crippen LogP contribution < -0.4 is 43.0 Å². The van der Waals surface area contributed by atoms with Gasteiger partial charge in [-0.05, 0) is 56.2 Å². The summed E-state index contributed by atoms with van der Waals surface area (Å²) in [5.41, 5.74) is 11.1. The number of cyclic esters (lactones) is 1. The zero-order chi connectivity index (χ0) is 47.2. The van der Waals surface area contributed by atoms with Crippen LogP contribution in [0.25, 0.3) is 22.3 Å². The van der Waals surface area contributed by atoms with Gasteiger partial charge >= 0.3 is 24.1 Å². The molecule has 22 heteroatoms. The molecule has 21 nitrogen and oxygen atoms in total. The number of ether oxygens (including phenoxy) is 3. The number of benzene rings is 1. The SMILES string of the molecule is CC[C@@]1(O)C(=O)OCc2c1cc1n(c2=O)Cc2c-1nc1cc(F)c(OC(=O)N(C)CCNC(=O)[C@H](CCCNC(N)=O)NC(=O)[C@@H](NC(=O)[C@@H](N)CCC(=O)OC)C(C)C)cc1c2C. The third-order valence-corrected chi connectivity index (χ3v) is 11.4. The van der Waals surface area contributed by atoms with Crippen LogP contribution in [-0.2, 0) is 52.2 Å². The molecule has 0 fully saturated rings. The summed E-state index contributed by atoms with van der Waals surface area (Å²) in [6.45, 7) is 6.33. The zero-order valence-corrected chi connectivity index (χ0v) is 36.4. The molecule has 346 valence electrons. The lowest BCUT2D eigenvalue weighted by molar-refractivity contribution is -0.172. The van der Waals surface area contributed by atoms with Gasteiger partial charge in [0.05, 0.1) is 42.2 Å². The number of likely N-dealkylation sites (N-methyl/N-ethyl adjacent to an activating group) is 1. The summed E-state index contributed by atoms with van der Waals surface area (Å²) in [7, 11) is 2.56. The quantitative estimate of drug-likeness (QED) is 0.0527. The number of carbonyl (C=O) groups excluding carboxylic acids is 7. The van der Waals surface area contributed by atoms with E-state index in [1.54, 1.807) is 33.8 Å². The van der Waals surface area contributed by atoms with Crippen molar-refractivity contribution in [2.24, 2.45) is 17.4 Å². The number of esters is 2. The number of aryl methyl sites for hydroxylation is 1. The van der Waals surface area contributed by atoms with Gasteiger partial charge in [0.25, 0.3) is 5.56 Å². The first-order valence-electron chi connectivity index (χ1n) is 20.7. The number of nitrogens with zero attached hydrogens (tertiary/aromatic N) is 3. The third-order valence-electron chi connectivity index (χ3n) is 11.4. The van der Waals surface area contributed by atoms with Crippen molar-refractivity contribution in [1.29, 1.82) is 0 Å². The smallest absolute Gasteiger partial charge is 0.415 e. The Kier molecular flexibility index (Phi) is 15.3. The van der Waals surface area contributed by atoms with E-state index in [0.717, 1.165) is 11.0 Å². The van der Waals surface area contributed by atoms with Gasteiger partial charge in [-0.3, -0.25) is 24.0 Å². The zero-order valence-electron chi connectivity index (χ0n) is 36.4. The number of carbonyl (C=O) groups is 7. The van der Waals surface area contributed by atoms with Gasteiger partial charge in [0.1, 0.15) is 18.7 Å². The summed E-state index contributed by atoms with van der Waals surface area (Å²) in [4.78, 5) is 107. The fraction of sp³-hybridized carbons (Fsp3) is 0.500. The molecule has 0 spiro atoms. The summed E-state index contributed by atoms with van der Waals surface area (Å²) in [6.07, 6.45) is -0.888. The molecule has 2 aromatic heterocycles. The van der Waals surface area contributed by atoms with E-state index < -0.39 is 88.6 Å². The molecule has 0 saturated heterocycles. The lowest BCUT2D eigenvalue weighted by Gasteiger charge is -2.31. The molecule has 6 amide bonds. The number of pyridine rings is 2. The largest absolute Gasteiger partial charge is 0.469 e. The molecular formula is C42H54FN9O12. The number of primary amides is 1. The fourth-order valence-electron chi connectivity index (χ4n) is 7.44. The number of aliphatic hydroxyl groups is 1. The van der Waals surface area contributed by atoms with Crippen molar-refractivity contribution in [2.75, 3.05) is 33.8 Å². The number of nitrogens with one attached hydrogen (secondary N) is 4. The predicted octanol–water partition coefficient (Wildman–Crippen LogP) is 0.429. The van der Waals surface area contributed by atoms with Crippen LogP contribution in [0, 0.1) is 18.7 Å². The maximum Gasteiger partial charge on any atom is 0.415 e. The van der Waals surface area contributed by atoms with Crippen molar-refractivity contribution < 1.29 is 57.3 Å². The standard InChI is InChI=1S/C42H54FN9O12/c1-7-42(61)25-16-30-34-23(18-52(30)38(57)24(25)19-63-39(42)58)21(4)22-15-31(26(43)17-29(22)48-34)64-41(60)51(5)14-13-46-36(55)28(9-8-12-47-40(45)59)49-37(56)33(20(2)3)50-35(54)27(44)10-11-32(53)62-6/h15-17,20,27-28,33,61H,7-14,18-19,44H2,1-6H3,(H,46,55)(H,49,56)(H,50,54)(H3,45,47,59)/t27-,28-,33-,42-/m0/s1. The van der Waals surface area contributed by atoms with Crippen LogP contribution in [0.3, 0.4) is 0 Å². The van der Waals surface area contributed by atoms with Crippen LogP contribution in [0.1, 0.15) is 75.1 Å². The number of fused-ring (bicyclic) bond motifs is 5. The molecule has 5 rings (SSSR count). The van der Waals surface area contributed by atoms with E-state index in [2.05, 4.69) is 31.0 Å². The van der Waals surface area contributed by atoms with Gasteiger partial charge in [0, 0.05) is 55.7 Å². The van der Waals surface area contributed by atoms with Gasteiger partial charge in [-0.25, -0.2) is 23.8 Å². The fourth-order valence-corrected chi connectivity index (χ4v) is 7.44. The van der Waals surface area contributed by atoms with Gasteiger partial charge in [-0.1, -0.05) is 20.8 Å². The summed E-state index contributed by atoms with van der Waals surface area (Å²) in [5, 5.41) is 21.9. The molecule has 1 aromatic carbocycles. The first-order chi connectivity index (χ1) is 30.2. The predicted molar refractivity (Wildman–Crippen MR) is 226 cm³/mol. The summed E-state index contributed by atoms with van der Waals surface area (Å²) in [6, 6.07) is -0.219. The summed E-state index contributed by atoms with van der Waals surface area (Å²) < 4.78 is 32.2. The van der Waals surface area contributed by atoms with Crippen molar-refractivity contribution in [1.82, 2.24) is 35.7 Å². The number of methoxy groups -OCH3 is 1. The minimum atomic E-state index is -2.02. The monoisotopic (exact) mass is 895 g/mol. The Morgan fingerprint density at radius 2 is 1.75 bits per heavy atom. The van der Waals surface area contributed by atoms with Gasteiger partial charge in [-0.2, -0.15) is 0 Å². The van der Waals surface area contributed by atoms with Crippen LogP contribution in [0.15, 0.2) is 23.0 Å². The number of hydrogen-bond acceptors (Lipinski definition) is 14. The third kappa shape index (κ3) is 10.4. The Balaban J connectivity index is 1.24. The molecule has 9 N–H and O–H groups in total. The average molecular weight is 896 g/mol. The number of aromatic nitrogens is 2. The molecule has 0 aliphatic carbocycles. The Labute approximate surface area is 366 Å². The summed E-state index contributed by atoms with van der Waals surface area (Å²) >= 11 is 0. The molecule has 0 unspecified atom stereocenters. The van der Waals surface area contributed by atoms with Crippen molar-refractivity contribution >= 4 is 52.7 Å². The van der Waals surface area contributed by atoms with E-state index in [4.69, 9.17) is 20.9 Å². The van der Waals surface area contributed by atoms with Crippen LogP contribution >= 0.6 is 0 Å². The minimum absolute atomic E-state index is 0.0297. The highest BCUT2D eigenvalue weighted by Crippen LogP contribution is 2.40. The van der Waals surface area contributed by atoms with Gasteiger partial charge in [0.15, 0.2) is 17.2 Å². The van der Waals surface area contributed by atoms with Crippen LogP contribution in [-0.4, -0.2) is 113 Å². The molecule has 2 aliphatic rings. The Morgan fingerprint density at radius 3 is 2.41 bits per heavy atom. The Bertz CT molecular complexity index is 2420. The number of urea groups is 1. The topological polar surface area (TPSA) is 306 Å². The first kappa shape index (κ1) is 48.4. The van der Waals surface area contributed by atoms with E-state index in [0.29, 0.717) is 27.9 Å². The number of hydrogen-bond donors (Lipinski definition) is 7. The second kappa shape index (κ2) is 20.2. The van der Waals surface area contributed by atoms with E-state index in [-0.39, 0.29) is 81.5 Å². The molecule has 4 heterocycles. The lowest BCUT2D eigenvalue weighted by atomic mass is 9.86. The van der Waals surface area contributed by atoms with Gasteiger partial charge in [-0.15, -0.1) is 0 Å². The van der Waals surface area contributed by atoms with Crippen LogP contribution in [0.4, 0.5) is 14.0 Å². The highest BCUT2D eigenvalue weighted by molar-refractivity contribution is 5.94. The van der Waals surface area contributed by atoms with Crippen LogP contribution in [0.5, 0.6) is 5.75 Å². The highest BCUT2D eigenvalue weighted by Gasteiger charge is 2.45. The Hall–Kier alpha value is -6.68. The average Bonchev–Trinajstić information content (AvgIpc) is 3.63. The number of amides is 6. The number of rotatable bonds is 18. The van der Waals surface area contributed by atoms with Crippen molar-refractivity contribution in [3.05, 3.63) is 56.6 Å². The van der Waals surface area contributed by atoms with Crippen LogP contribution in [0.2, 0.25) is 0 Å². The molecule has 4 atom stereocenters. The van der Waals surface area contributed by atoms with Gasteiger partial charge in [0.2, 0.25) is 17.7 Å². The van der Waals surface area contributed by atoms with E-state index in [9.17, 15) is 43.5 Å². The maximum atomic E-state index is 15.6. The second-order valence-electron chi connectivity index (χ2n) is 16.0. The van der Waals surface area contributed by atoms with E-state index in [1.165, 1.54) is 24.8 Å².